The van der Waals surface area contributed by atoms with Gasteiger partial charge < -0.3 is 25.0 Å². The molecule has 0 radical (unpaired) electrons. The van der Waals surface area contributed by atoms with Crippen LogP contribution >= 0.6 is 11.6 Å². The molecule has 2 aromatic rings. The third-order valence-corrected chi connectivity index (χ3v) is 3.24. The van der Waals surface area contributed by atoms with Crippen LogP contribution in [0.4, 0.5) is 5.69 Å². The van der Waals surface area contributed by atoms with Gasteiger partial charge in [0, 0.05) is 18.4 Å². The number of aromatic nitrogens is 1. The molecule has 1 aromatic heterocycles. The fourth-order valence-electron chi connectivity index (χ4n) is 2.00. The van der Waals surface area contributed by atoms with Crippen molar-refractivity contribution in [1.29, 1.82) is 0 Å². The summed E-state index contributed by atoms with van der Waals surface area (Å²) in [7, 11) is 3.77. The predicted molar refractivity (Wildman–Crippen MR) is 90.3 cm³/mol. The number of anilines is 1. The second-order valence-electron chi connectivity index (χ2n) is 5.44. The molecular formula is C16H20ClN3O3. The fraction of sp³-hybridized carbons (Fsp3) is 0.312. The molecule has 1 aromatic carbocycles. The molecule has 0 bridgehead atoms. The Bertz CT molecular complexity index is 640. The molecular weight excluding hydrogens is 318 g/mol. The van der Waals surface area contributed by atoms with Gasteiger partial charge in [-0.15, -0.1) is 0 Å². The second-order valence-corrected chi connectivity index (χ2v) is 5.87. The third kappa shape index (κ3) is 5.59. The Morgan fingerprint density at radius 1 is 1.39 bits per heavy atom. The number of carbonyl (C=O) groups is 1. The SMILES string of the molecule is CN(C)CC(O)COc1ccc(NC(=O)c2cc(Cl)c[nH]2)cc1. The first-order valence-corrected chi connectivity index (χ1v) is 7.53. The van der Waals surface area contributed by atoms with Gasteiger partial charge in [-0.25, -0.2) is 0 Å². The number of halogens is 1. The van der Waals surface area contributed by atoms with E-state index < -0.39 is 6.10 Å². The van der Waals surface area contributed by atoms with Gasteiger partial charge in [0.1, 0.15) is 24.2 Å². The summed E-state index contributed by atoms with van der Waals surface area (Å²) >= 11 is 5.77. The highest BCUT2D eigenvalue weighted by Crippen LogP contribution is 2.17. The smallest absolute Gasteiger partial charge is 0.272 e. The lowest BCUT2D eigenvalue weighted by Crippen LogP contribution is -2.30. The Balaban J connectivity index is 1.86. The van der Waals surface area contributed by atoms with Crippen molar-refractivity contribution in [3.63, 3.8) is 0 Å². The van der Waals surface area contributed by atoms with Gasteiger partial charge >= 0.3 is 0 Å². The summed E-state index contributed by atoms with van der Waals surface area (Å²) in [5, 5.41) is 13.0. The van der Waals surface area contributed by atoms with Crippen molar-refractivity contribution >= 4 is 23.2 Å². The number of nitrogens with zero attached hydrogens (tertiary/aromatic N) is 1. The molecule has 1 amide bonds. The zero-order chi connectivity index (χ0) is 16.8. The quantitative estimate of drug-likeness (QED) is 0.724. The molecule has 1 unspecified atom stereocenters. The Hall–Kier alpha value is -2.02. The molecule has 0 aliphatic heterocycles. The molecule has 0 aliphatic carbocycles. The summed E-state index contributed by atoms with van der Waals surface area (Å²) in [5.74, 6) is 0.357. The average Bonchev–Trinajstić information content (AvgIpc) is 2.92. The minimum Gasteiger partial charge on any atom is -0.491 e. The molecule has 0 saturated heterocycles. The maximum atomic E-state index is 12.0. The van der Waals surface area contributed by atoms with E-state index in [1.807, 2.05) is 19.0 Å². The van der Waals surface area contributed by atoms with Crippen LogP contribution in [0.25, 0.3) is 0 Å². The van der Waals surface area contributed by atoms with E-state index >= 15 is 0 Å². The number of aliphatic hydroxyl groups excluding tert-OH is 1. The maximum absolute atomic E-state index is 12.0. The lowest BCUT2D eigenvalue weighted by Gasteiger charge is -2.16. The van der Waals surface area contributed by atoms with E-state index in [0.29, 0.717) is 28.7 Å². The lowest BCUT2D eigenvalue weighted by atomic mass is 10.3. The molecule has 0 saturated carbocycles. The molecule has 2 rings (SSSR count). The molecule has 1 atom stereocenters. The highest BCUT2D eigenvalue weighted by atomic mass is 35.5. The van der Waals surface area contributed by atoms with E-state index in [2.05, 4.69) is 10.3 Å². The van der Waals surface area contributed by atoms with Crippen LogP contribution in [0.15, 0.2) is 36.5 Å². The Morgan fingerprint density at radius 3 is 2.65 bits per heavy atom. The number of ether oxygens (including phenoxy) is 1. The van der Waals surface area contributed by atoms with E-state index in [-0.39, 0.29) is 12.5 Å². The van der Waals surface area contributed by atoms with Gasteiger partial charge in [-0.1, -0.05) is 11.6 Å². The topological polar surface area (TPSA) is 77.6 Å². The van der Waals surface area contributed by atoms with Crippen LogP contribution in [0, 0.1) is 0 Å². The molecule has 124 valence electrons. The van der Waals surface area contributed by atoms with Gasteiger partial charge in [-0.2, -0.15) is 0 Å². The zero-order valence-electron chi connectivity index (χ0n) is 13.0. The van der Waals surface area contributed by atoms with Crippen LogP contribution in [0.5, 0.6) is 5.75 Å². The van der Waals surface area contributed by atoms with Crippen LogP contribution in [0.2, 0.25) is 5.02 Å². The van der Waals surface area contributed by atoms with Crippen molar-refractivity contribution in [3.8, 4) is 5.75 Å². The Morgan fingerprint density at radius 2 is 2.09 bits per heavy atom. The van der Waals surface area contributed by atoms with E-state index in [0.717, 1.165) is 0 Å². The molecule has 7 heteroatoms. The molecule has 0 spiro atoms. The van der Waals surface area contributed by atoms with Gasteiger partial charge in [0.05, 0.1) is 5.02 Å². The molecule has 3 N–H and O–H groups in total. The fourth-order valence-corrected chi connectivity index (χ4v) is 2.16. The summed E-state index contributed by atoms with van der Waals surface area (Å²) in [5.41, 5.74) is 1.03. The first-order valence-electron chi connectivity index (χ1n) is 7.15. The molecule has 1 heterocycles. The van der Waals surface area contributed by atoms with E-state index in [1.54, 1.807) is 36.5 Å². The largest absolute Gasteiger partial charge is 0.491 e. The van der Waals surface area contributed by atoms with Crippen molar-refractivity contribution < 1.29 is 14.6 Å². The predicted octanol–water partition coefficient (Wildman–Crippen LogP) is 2.22. The number of carbonyl (C=O) groups excluding carboxylic acids is 1. The Labute approximate surface area is 140 Å². The van der Waals surface area contributed by atoms with Gasteiger partial charge in [0.25, 0.3) is 5.91 Å². The van der Waals surface area contributed by atoms with Crippen molar-refractivity contribution in [3.05, 3.63) is 47.2 Å². The summed E-state index contributed by atoms with van der Waals surface area (Å²) in [6, 6.07) is 8.49. The number of hydrogen-bond acceptors (Lipinski definition) is 4. The summed E-state index contributed by atoms with van der Waals surface area (Å²) in [4.78, 5) is 16.6. The van der Waals surface area contributed by atoms with Gasteiger partial charge in [-0.3, -0.25) is 4.79 Å². The zero-order valence-corrected chi connectivity index (χ0v) is 13.8. The van der Waals surface area contributed by atoms with Crippen molar-refractivity contribution in [1.82, 2.24) is 9.88 Å². The van der Waals surface area contributed by atoms with E-state index in [4.69, 9.17) is 16.3 Å². The third-order valence-electron chi connectivity index (χ3n) is 3.02. The lowest BCUT2D eigenvalue weighted by molar-refractivity contribution is 0.0831. The number of H-pyrrole nitrogens is 1. The van der Waals surface area contributed by atoms with E-state index in [9.17, 15) is 9.90 Å². The highest BCUT2D eigenvalue weighted by Gasteiger charge is 2.09. The van der Waals surface area contributed by atoms with Crippen molar-refractivity contribution in [2.45, 2.75) is 6.10 Å². The number of amides is 1. The van der Waals surface area contributed by atoms with Crippen LogP contribution in [-0.4, -0.2) is 54.2 Å². The van der Waals surface area contributed by atoms with Crippen LogP contribution in [0.1, 0.15) is 10.5 Å². The normalized spacial score (nSPS) is 12.2. The minimum atomic E-state index is -0.554. The first-order chi connectivity index (χ1) is 10.9. The summed E-state index contributed by atoms with van der Waals surface area (Å²) < 4.78 is 5.50. The van der Waals surface area contributed by atoms with Gasteiger partial charge in [-0.05, 0) is 44.4 Å². The van der Waals surface area contributed by atoms with Crippen LogP contribution in [0.3, 0.4) is 0 Å². The second kappa shape index (κ2) is 8.01. The number of hydrogen-bond donors (Lipinski definition) is 3. The first kappa shape index (κ1) is 17.3. The van der Waals surface area contributed by atoms with E-state index in [1.165, 1.54) is 0 Å². The molecule has 0 fully saturated rings. The number of likely N-dealkylation sites (N-methyl/N-ethyl adjacent to an activating group) is 1. The summed E-state index contributed by atoms with van der Waals surface area (Å²) in [6.07, 6.45) is 0.994. The maximum Gasteiger partial charge on any atom is 0.272 e. The molecule has 0 aliphatic rings. The molecule has 23 heavy (non-hydrogen) atoms. The number of benzene rings is 1. The van der Waals surface area contributed by atoms with Crippen molar-refractivity contribution in [2.75, 3.05) is 32.6 Å². The number of aliphatic hydroxyl groups is 1. The van der Waals surface area contributed by atoms with Gasteiger partial charge in [0.15, 0.2) is 0 Å². The van der Waals surface area contributed by atoms with Crippen molar-refractivity contribution in [2.24, 2.45) is 0 Å². The number of nitrogens with one attached hydrogen (secondary N) is 2. The van der Waals surface area contributed by atoms with Crippen LogP contribution in [-0.2, 0) is 0 Å². The van der Waals surface area contributed by atoms with Gasteiger partial charge in [0.2, 0.25) is 0 Å². The number of rotatable bonds is 7. The summed E-state index contributed by atoms with van der Waals surface area (Å²) in [6.45, 7) is 0.748. The minimum absolute atomic E-state index is 0.213. The Kier molecular flexibility index (Phi) is 6.04. The number of aromatic amines is 1. The van der Waals surface area contributed by atoms with Crippen LogP contribution < -0.4 is 10.1 Å². The molecule has 6 nitrogen and oxygen atoms in total. The highest BCUT2D eigenvalue weighted by molar-refractivity contribution is 6.31. The average molecular weight is 338 g/mol. The standard InChI is InChI=1S/C16H20ClN3O3/c1-20(2)9-13(21)10-23-14-5-3-12(4-6-14)19-16(22)15-7-11(17)8-18-15/h3-8,13,18,21H,9-10H2,1-2H3,(H,19,22). The monoisotopic (exact) mass is 337 g/mol.